The number of nitrogens with two attached hydrogens (primary N) is 1. The van der Waals surface area contributed by atoms with E-state index in [1.165, 1.54) is 4.90 Å². The van der Waals surface area contributed by atoms with Crippen LogP contribution < -0.4 is 5.73 Å². The highest BCUT2D eigenvalue weighted by atomic mass is 16.2. The molecule has 3 fully saturated rings. The molecule has 4 heteroatoms. The number of fused-ring (bicyclic) bond motifs is 5. The van der Waals surface area contributed by atoms with Crippen LogP contribution in [-0.4, -0.2) is 29.3 Å². The quantitative estimate of drug-likeness (QED) is 0.583. The molecule has 0 radical (unpaired) electrons. The van der Waals surface area contributed by atoms with E-state index in [2.05, 4.69) is 12.2 Å². The number of likely N-dealkylation sites (tertiary alicyclic amines) is 1. The summed E-state index contributed by atoms with van der Waals surface area (Å²) in [5.74, 6) is 1.08. The monoisotopic (exact) mass is 246 g/mol. The summed E-state index contributed by atoms with van der Waals surface area (Å²) in [7, 11) is 0. The molecule has 18 heavy (non-hydrogen) atoms. The van der Waals surface area contributed by atoms with Crippen LogP contribution in [0.3, 0.4) is 0 Å². The first-order valence-electron chi connectivity index (χ1n) is 6.96. The van der Waals surface area contributed by atoms with Gasteiger partial charge in [0, 0.05) is 12.6 Å². The van der Waals surface area contributed by atoms with E-state index in [-0.39, 0.29) is 29.7 Å². The summed E-state index contributed by atoms with van der Waals surface area (Å²) < 4.78 is 0. The van der Waals surface area contributed by atoms with Crippen LogP contribution in [0.4, 0.5) is 0 Å². The average Bonchev–Trinajstić information content (AvgIpc) is 2.95. The van der Waals surface area contributed by atoms with E-state index in [9.17, 15) is 9.59 Å². The first-order chi connectivity index (χ1) is 8.66. The number of carbonyl (C=O) groups is 2. The fourth-order valence-corrected chi connectivity index (χ4v) is 4.03. The second-order valence-corrected chi connectivity index (χ2v) is 6.29. The largest absolute Gasteiger partial charge is 0.326 e. The van der Waals surface area contributed by atoms with E-state index in [1.807, 2.05) is 0 Å². The molecule has 3 aliphatic carbocycles. The summed E-state index contributed by atoms with van der Waals surface area (Å²) >= 11 is 0. The van der Waals surface area contributed by atoms with Crippen molar-refractivity contribution in [2.24, 2.45) is 35.3 Å². The number of imide groups is 1. The standard InChI is InChI=1S/C14H18N2O2/c15-10(7-1-2-7)6-16-13(17)11-8-3-4-9(5-8)12(11)14(16)18/h3-4,7-12H,1-2,5-6,15H2. The Balaban J connectivity index is 1.56. The Labute approximate surface area is 106 Å². The Kier molecular flexibility index (Phi) is 2.05. The molecule has 4 aliphatic rings. The summed E-state index contributed by atoms with van der Waals surface area (Å²) in [6.45, 7) is 0.439. The Morgan fingerprint density at radius 3 is 2.22 bits per heavy atom. The third kappa shape index (κ3) is 1.30. The van der Waals surface area contributed by atoms with Crippen LogP contribution in [0.15, 0.2) is 12.2 Å². The van der Waals surface area contributed by atoms with Gasteiger partial charge in [-0.15, -0.1) is 0 Å². The lowest BCUT2D eigenvalue weighted by Crippen LogP contribution is -2.43. The van der Waals surface area contributed by atoms with Gasteiger partial charge in [-0.2, -0.15) is 0 Å². The van der Waals surface area contributed by atoms with E-state index >= 15 is 0 Å². The van der Waals surface area contributed by atoms with Crippen molar-refractivity contribution in [2.75, 3.05) is 6.54 Å². The van der Waals surface area contributed by atoms with E-state index in [4.69, 9.17) is 5.73 Å². The molecule has 96 valence electrons. The molecule has 1 saturated heterocycles. The molecule has 5 unspecified atom stereocenters. The smallest absolute Gasteiger partial charge is 0.233 e. The van der Waals surface area contributed by atoms with Gasteiger partial charge >= 0.3 is 0 Å². The summed E-state index contributed by atoms with van der Waals surface area (Å²) in [6, 6.07) is -0.0117. The van der Waals surface area contributed by atoms with Gasteiger partial charge in [0.15, 0.2) is 0 Å². The molecule has 1 heterocycles. The lowest BCUT2D eigenvalue weighted by molar-refractivity contribution is -0.141. The molecular weight excluding hydrogens is 228 g/mol. The normalized spacial score (nSPS) is 42.8. The zero-order chi connectivity index (χ0) is 12.4. The molecule has 2 bridgehead atoms. The van der Waals surface area contributed by atoms with Gasteiger partial charge in [-0.05, 0) is 37.0 Å². The van der Waals surface area contributed by atoms with Crippen LogP contribution in [0.2, 0.25) is 0 Å². The summed E-state index contributed by atoms with van der Waals surface area (Å²) in [6.07, 6.45) is 7.55. The van der Waals surface area contributed by atoms with E-state index in [0.29, 0.717) is 24.3 Å². The average molecular weight is 246 g/mol. The van der Waals surface area contributed by atoms with Crippen molar-refractivity contribution in [3.63, 3.8) is 0 Å². The molecule has 4 rings (SSSR count). The van der Waals surface area contributed by atoms with Crippen LogP contribution in [0, 0.1) is 29.6 Å². The van der Waals surface area contributed by atoms with Crippen LogP contribution in [0.1, 0.15) is 19.3 Å². The Morgan fingerprint density at radius 2 is 1.72 bits per heavy atom. The van der Waals surface area contributed by atoms with Crippen LogP contribution >= 0.6 is 0 Å². The van der Waals surface area contributed by atoms with E-state index in [0.717, 1.165) is 19.3 Å². The Morgan fingerprint density at radius 1 is 1.17 bits per heavy atom. The van der Waals surface area contributed by atoms with Crippen LogP contribution in [0.25, 0.3) is 0 Å². The molecule has 0 aromatic carbocycles. The van der Waals surface area contributed by atoms with Crippen molar-refractivity contribution in [2.45, 2.75) is 25.3 Å². The number of rotatable bonds is 3. The van der Waals surface area contributed by atoms with Crippen LogP contribution in [-0.2, 0) is 9.59 Å². The van der Waals surface area contributed by atoms with Gasteiger partial charge in [0.25, 0.3) is 0 Å². The van der Waals surface area contributed by atoms with Crippen molar-refractivity contribution in [3.8, 4) is 0 Å². The highest BCUT2D eigenvalue weighted by molar-refractivity contribution is 6.06. The van der Waals surface area contributed by atoms with Crippen molar-refractivity contribution in [1.82, 2.24) is 4.90 Å². The highest BCUT2D eigenvalue weighted by Gasteiger charge is 2.59. The number of hydrogen-bond acceptors (Lipinski definition) is 3. The first-order valence-corrected chi connectivity index (χ1v) is 6.96. The number of hydrogen-bond donors (Lipinski definition) is 1. The topological polar surface area (TPSA) is 63.4 Å². The summed E-state index contributed by atoms with van der Waals surface area (Å²) in [5.41, 5.74) is 6.06. The van der Waals surface area contributed by atoms with Gasteiger partial charge in [0.2, 0.25) is 11.8 Å². The third-order valence-corrected chi connectivity index (χ3v) is 5.18. The van der Waals surface area contributed by atoms with Gasteiger partial charge in [-0.1, -0.05) is 12.2 Å². The minimum Gasteiger partial charge on any atom is -0.326 e. The number of amides is 2. The molecule has 5 atom stereocenters. The highest BCUT2D eigenvalue weighted by Crippen LogP contribution is 2.52. The lowest BCUT2D eigenvalue weighted by atomic mass is 9.85. The van der Waals surface area contributed by atoms with Crippen LogP contribution in [0.5, 0.6) is 0 Å². The predicted molar refractivity (Wildman–Crippen MR) is 65.1 cm³/mol. The zero-order valence-corrected chi connectivity index (χ0v) is 10.3. The van der Waals surface area contributed by atoms with Crippen molar-refractivity contribution < 1.29 is 9.59 Å². The second-order valence-electron chi connectivity index (χ2n) is 6.29. The molecule has 0 aromatic heterocycles. The van der Waals surface area contributed by atoms with E-state index in [1.54, 1.807) is 0 Å². The minimum atomic E-state index is -0.0705. The molecular formula is C14H18N2O2. The lowest BCUT2D eigenvalue weighted by Gasteiger charge is -2.21. The van der Waals surface area contributed by atoms with Crippen molar-refractivity contribution in [1.29, 1.82) is 0 Å². The molecule has 2 amide bonds. The molecule has 0 aromatic rings. The maximum absolute atomic E-state index is 12.4. The third-order valence-electron chi connectivity index (χ3n) is 5.18. The molecule has 4 nitrogen and oxygen atoms in total. The van der Waals surface area contributed by atoms with Gasteiger partial charge < -0.3 is 5.73 Å². The minimum absolute atomic E-state index is 0.0117. The molecule has 2 N–H and O–H groups in total. The summed E-state index contributed by atoms with van der Waals surface area (Å²) in [5, 5.41) is 0. The van der Waals surface area contributed by atoms with Gasteiger partial charge in [-0.3, -0.25) is 14.5 Å². The maximum Gasteiger partial charge on any atom is 0.233 e. The van der Waals surface area contributed by atoms with Gasteiger partial charge in [-0.25, -0.2) is 0 Å². The van der Waals surface area contributed by atoms with Gasteiger partial charge in [0.1, 0.15) is 0 Å². The number of allylic oxidation sites excluding steroid dienone is 2. The Hall–Kier alpha value is -1.16. The Bertz CT molecular complexity index is 425. The SMILES string of the molecule is NC(CN1C(=O)C2C3C=CC(C3)C2C1=O)C1CC1. The molecule has 2 saturated carbocycles. The molecule has 1 aliphatic heterocycles. The zero-order valence-electron chi connectivity index (χ0n) is 10.3. The first kappa shape index (κ1) is 10.7. The predicted octanol–water partition coefficient (Wildman–Crippen LogP) is 0.531. The van der Waals surface area contributed by atoms with E-state index < -0.39 is 0 Å². The number of carbonyl (C=O) groups excluding carboxylic acids is 2. The van der Waals surface area contributed by atoms with Gasteiger partial charge in [0.05, 0.1) is 11.8 Å². The fourth-order valence-electron chi connectivity index (χ4n) is 4.03. The molecule has 0 spiro atoms. The number of nitrogens with zero attached hydrogens (tertiary/aromatic N) is 1. The van der Waals surface area contributed by atoms with Crippen molar-refractivity contribution >= 4 is 11.8 Å². The van der Waals surface area contributed by atoms with Crippen molar-refractivity contribution in [3.05, 3.63) is 12.2 Å². The summed E-state index contributed by atoms with van der Waals surface area (Å²) in [4.78, 5) is 26.2. The maximum atomic E-state index is 12.4. The second kappa shape index (κ2) is 3.44. The fraction of sp³-hybridized carbons (Fsp3) is 0.714.